The highest BCUT2D eigenvalue weighted by atomic mass is 35.5. The normalized spacial score (nSPS) is 18.2. The molecule has 0 spiro atoms. The maximum atomic E-state index is 12.4. The highest BCUT2D eigenvalue weighted by molar-refractivity contribution is 6.35. The van der Waals surface area contributed by atoms with Crippen LogP contribution in [0.5, 0.6) is 0 Å². The maximum Gasteiger partial charge on any atom is 0.406 e. The highest BCUT2D eigenvalue weighted by Crippen LogP contribution is 2.23. The van der Waals surface area contributed by atoms with Gasteiger partial charge in [0.05, 0.1) is 6.54 Å². The van der Waals surface area contributed by atoms with Crippen LogP contribution in [-0.4, -0.2) is 54.1 Å². The van der Waals surface area contributed by atoms with Crippen LogP contribution in [0.2, 0.25) is 10.0 Å². The summed E-state index contributed by atoms with van der Waals surface area (Å²) in [6.07, 6.45) is -4.52. The first-order valence-corrected chi connectivity index (χ1v) is 7.64. The summed E-state index contributed by atoms with van der Waals surface area (Å²) < 4.78 is 37.3. The number of hydrogen-bond donors (Lipinski definition) is 1. The molecule has 132 valence electrons. The molecule has 0 radical (unpaired) electrons. The van der Waals surface area contributed by atoms with Crippen molar-refractivity contribution in [1.82, 2.24) is 15.1 Å². The Labute approximate surface area is 146 Å². The molecule has 0 aliphatic carbocycles. The monoisotopic (exact) mass is 383 g/mol. The van der Waals surface area contributed by atoms with Crippen LogP contribution in [0.15, 0.2) is 18.2 Å². The molecule has 24 heavy (non-hydrogen) atoms. The number of nitrogens with one attached hydrogen (secondary N) is 1. The third-order valence-electron chi connectivity index (χ3n) is 3.57. The van der Waals surface area contributed by atoms with Gasteiger partial charge >= 0.3 is 12.2 Å². The average Bonchev–Trinajstić information content (AvgIpc) is 2.73. The minimum absolute atomic E-state index is 0.0760. The summed E-state index contributed by atoms with van der Waals surface area (Å²) in [6.45, 7) is -1.63. The van der Waals surface area contributed by atoms with Crippen molar-refractivity contribution >= 4 is 35.1 Å². The van der Waals surface area contributed by atoms with Crippen LogP contribution >= 0.6 is 23.2 Å². The quantitative estimate of drug-likeness (QED) is 0.868. The Morgan fingerprint density at radius 3 is 2.62 bits per heavy atom. The Kier molecular flexibility index (Phi) is 5.49. The molecular weight excluding hydrogens is 370 g/mol. The minimum atomic E-state index is -4.52. The van der Waals surface area contributed by atoms with E-state index in [1.165, 1.54) is 13.1 Å². The molecule has 1 aliphatic rings. The molecule has 1 aromatic carbocycles. The summed E-state index contributed by atoms with van der Waals surface area (Å²) >= 11 is 11.8. The zero-order valence-corrected chi connectivity index (χ0v) is 14.0. The van der Waals surface area contributed by atoms with Gasteiger partial charge in [-0.25, -0.2) is 4.79 Å². The topological polar surface area (TPSA) is 52.7 Å². The zero-order valence-electron chi connectivity index (χ0n) is 12.5. The number of carbonyl (C=O) groups excluding carboxylic acids is 2. The smallest absolute Gasteiger partial charge is 0.350 e. The average molecular weight is 384 g/mol. The van der Waals surface area contributed by atoms with Crippen molar-refractivity contribution < 1.29 is 22.8 Å². The molecule has 2 rings (SSSR count). The molecule has 1 atom stereocenters. The molecule has 1 aromatic rings. The van der Waals surface area contributed by atoms with E-state index in [0.29, 0.717) is 20.5 Å². The molecule has 0 unspecified atom stereocenters. The lowest BCUT2D eigenvalue weighted by Crippen LogP contribution is -2.43. The van der Waals surface area contributed by atoms with Gasteiger partial charge in [0.25, 0.3) is 0 Å². The number of likely N-dealkylation sites (N-methyl/N-ethyl adjacent to an activating group) is 1. The Morgan fingerprint density at radius 2 is 2.04 bits per heavy atom. The minimum Gasteiger partial charge on any atom is -0.350 e. The molecule has 0 aromatic heterocycles. The fourth-order valence-electron chi connectivity index (χ4n) is 2.34. The van der Waals surface area contributed by atoms with Gasteiger partial charge in [-0.05, 0) is 17.7 Å². The predicted octanol–water partition coefficient (Wildman–Crippen LogP) is 2.91. The van der Waals surface area contributed by atoms with Crippen molar-refractivity contribution in [1.29, 1.82) is 0 Å². The van der Waals surface area contributed by atoms with Crippen LogP contribution in [0, 0.1) is 0 Å². The molecule has 1 aliphatic heterocycles. The van der Waals surface area contributed by atoms with E-state index >= 15 is 0 Å². The van der Waals surface area contributed by atoms with Gasteiger partial charge in [-0.2, -0.15) is 13.2 Å². The molecule has 0 bridgehead atoms. The summed E-state index contributed by atoms with van der Waals surface area (Å²) in [5.41, 5.74) is 0.605. The van der Waals surface area contributed by atoms with Gasteiger partial charge in [0, 0.05) is 23.6 Å². The lowest BCUT2D eigenvalue weighted by atomic mass is 10.2. The zero-order chi connectivity index (χ0) is 18.1. The number of urea groups is 1. The van der Waals surface area contributed by atoms with Crippen molar-refractivity contribution in [2.45, 2.75) is 18.8 Å². The van der Waals surface area contributed by atoms with E-state index in [1.54, 1.807) is 12.1 Å². The SMILES string of the molecule is CN1C(=O)N(CC(F)(F)F)C[C@H]1C(=O)NCc1ccc(Cl)cc1Cl. The number of carbonyl (C=O) groups is 2. The number of hydrogen-bond acceptors (Lipinski definition) is 2. The predicted molar refractivity (Wildman–Crippen MR) is 82.9 cm³/mol. The maximum absolute atomic E-state index is 12.4. The largest absolute Gasteiger partial charge is 0.406 e. The Morgan fingerprint density at radius 1 is 1.38 bits per heavy atom. The fraction of sp³-hybridized carbons (Fsp3) is 0.429. The van der Waals surface area contributed by atoms with Gasteiger partial charge in [0.2, 0.25) is 5.91 Å². The van der Waals surface area contributed by atoms with Gasteiger partial charge < -0.3 is 15.1 Å². The number of amides is 3. The molecular formula is C14H14Cl2F3N3O2. The summed E-state index contributed by atoms with van der Waals surface area (Å²) in [5, 5.41) is 3.37. The lowest BCUT2D eigenvalue weighted by molar-refractivity contribution is -0.139. The summed E-state index contributed by atoms with van der Waals surface area (Å²) in [7, 11) is 1.29. The van der Waals surface area contributed by atoms with Crippen molar-refractivity contribution in [2.75, 3.05) is 20.1 Å². The van der Waals surface area contributed by atoms with E-state index in [9.17, 15) is 22.8 Å². The van der Waals surface area contributed by atoms with Gasteiger partial charge in [0.1, 0.15) is 12.6 Å². The van der Waals surface area contributed by atoms with Crippen LogP contribution in [0.3, 0.4) is 0 Å². The molecule has 1 saturated heterocycles. The van der Waals surface area contributed by atoms with Crippen LogP contribution < -0.4 is 5.32 Å². The van der Waals surface area contributed by atoms with Gasteiger partial charge in [-0.1, -0.05) is 29.3 Å². The first-order valence-electron chi connectivity index (χ1n) is 6.88. The van der Waals surface area contributed by atoms with Crippen molar-refractivity contribution in [3.8, 4) is 0 Å². The molecule has 10 heteroatoms. The first kappa shape index (κ1) is 18.7. The van der Waals surface area contributed by atoms with Crippen LogP contribution in [-0.2, 0) is 11.3 Å². The Bertz CT molecular complexity index is 655. The lowest BCUT2D eigenvalue weighted by Gasteiger charge is -2.17. The number of nitrogens with zero attached hydrogens (tertiary/aromatic N) is 2. The van der Waals surface area contributed by atoms with Crippen LogP contribution in [0.1, 0.15) is 5.56 Å². The Balaban J connectivity index is 1.98. The third kappa shape index (κ3) is 4.45. The standard InChI is InChI=1S/C14H14Cl2F3N3O2/c1-21-11(6-22(13(21)24)7-14(17,18)19)12(23)20-5-8-2-3-9(15)4-10(8)16/h2-4,11H,5-7H2,1H3,(H,20,23)/t11-/m0/s1. The second-order valence-electron chi connectivity index (χ2n) is 5.36. The van der Waals surface area contributed by atoms with Crippen LogP contribution in [0.25, 0.3) is 0 Å². The van der Waals surface area contributed by atoms with Gasteiger partial charge in [-0.15, -0.1) is 0 Å². The third-order valence-corrected chi connectivity index (χ3v) is 4.16. The number of benzene rings is 1. The first-order chi connectivity index (χ1) is 11.1. The van der Waals surface area contributed by atoms with Crippen LogP contribution in [0.4, 0.5) is 18.0 Å². The summed E-state index contributed by atoms with van der Waals surface area (Å²) in [6, 6.07) is 2.92. The second kappa shape index (κ2) is 7.06. The van der Waals surface area contributed by atoms with E-state index in [-0.39, 0.29) is 13.1 Å². The van der Waals surface area contributed by atoms with Gasteiger partial charge in [0.15, 0.2) is 0 Å². The van der Waals surface area contributed by atoms with E-state index in [0.717, 1.165) is 4.90 Å². The second-order valence-corrected chi connectivity index (χ2v) is 6.20. The van der Waals surface area contributed by atoms with Gasteiger partial charge in [-0.3, -0.25) is 4.79 Å². The van der Waals surface area contributed by atoms with Crippen molar-refractivity contribution in [2.24, 2.45) is 0 Å². The Hall–Kier alpha value is -1.67. The molecule has 3 amide bonds. The number of alkyl halides is 3. The summed E-state index contributed by atoms with van der Waals surface area (Å²) in [5.74, 6) is -0.554. The molecule has 1 fully saturated rings. The van der Waals surface area contributed by atoms with E-state index in [2.05, 4.69) is 5.32 Å². The summed E-state index contributed by atoms with van der Waals surface area (Å²) in [4.78, 5) is 25.6. The molecule has 1 heterocycles. The van der Waals surface area contributed by atoms with Crippen molar-refractivity contribution in [3.05, 3.63) is 33.8 Å². The number of halogens is 5. The van der Waals surface area contributed by atoms with E-state index in [4.69, 9.17) is 23.2 Å². The molecule has 1 N–H and O–H groups in total. The van der Waals surface area contributed by atoms with Crippen molar-refractivity contribution in [3.63, 3.8) is 0 Å². The number of rotatable bonds is 4. The van der Waals surface area contributed by atoms with E-state index < -0.39 is 30.7 Å². The van der Waals surface area contributed by atoms with E-state index in [1.807, 2.05) is 0 Å². The highest BCUT2D eigenvalue weighted by Gasteiger charge is 2.43. The molecule has 0 saturated carbocycles. The fourth-order valence-corrected chi connectivity index (χ4v) is 2.81. The molecule has 5 nitrogen and oxygen atoms in total.